The van der Waals surface area contributed by atoms with Crippen molar-refractivity contribution in [3.05, 3.63) is 31.7 Å². The molecule has 0 aromatic heterocycles. The van der Waals surface area contributed by atoms with Crippen LogP contribution in [0.4, 0.5) is 0 Å². The fraction of sp³-hybridized carbons (Fsp3) is 0.286. The zero-order valence-corrected chi connectivity index (χ0v) is 4.61. The summed E-state index contributed by atoms with van der Waals surface area (Å²) in [6.45, 7) is 10.8. The second kappa shape index (κ2) is 3.66. The van der Waals surface area contributed by atoms with Gasteiger partial charge in [0.25, 0.3) is 0 Å². The van der Waals surface area contributed by atoms with Crippen LogP contribution in [-0.4, -0.2) is 0 Å². The number of rotatable bonds is 3. The summed E-state index contributed by atoms with van der Waals surface area (Å²) in [5, 5.41) is 0. The molecule has 0 rings (SSSR count). The van der Waals surface area contributed by atoms with Gasteiger partial charge in [-0.25, -0.2) is 0 Å². The van der Waals surface area contributed by atoms with Crippen LogP contribution in [0.15, 0.2) is 24.8 Å². The maximum absolute atomic E-state index is 3.63. The molecule has 7 heavy (non-hydrogen) atoms. The van der Waals surface area contributed by atoms with Crippen molar-refractivity contribution in [2.24, 2.45) is 0 Å². The van der Waals surface area contributed by atoms with Crippen LogP contribution in [0, 0.1) is 6.92 Å². The van der Waals surface area contributed by atoms with E-state index in [1.165, 1.54) is 0 Å². The van der Waals surface area contributed by atoms with E-state index in [9.17, 15) is 0 Å². The van der Waals surface area contributed by atoms with Crippen molar-refractivity contribution in [2.45, 2.75) is 12.8 Å². The third kappa shape index (κ3) is 5.48. The number of hydrogen-bond donors (Lipinski definition) is 0. The molecule has 39 valence electrons. The van der Waals surface area contributed by atoms with E-state index >= 15 is 0 Å². The van der Waals surface area contributed by atoms with Crippen LogP contribution in [0.3, 0.4) is 0 Å². The Morgan fingerprint density at radius 2 is 2.14 bits per heavy atom. The molecule has 0 heteroatoms. The Labute approximate surface area is 45.5 Å². The normalized spacial score (nSPS) is 8.14. The van der Waals surface area contributed by atoms with Crippen LogP contribution in [0.1, 0.15) is 12.8 Å². The predicted octanol–water partition coefficient (Wildman–Crippen LogP) is 2.34. The Kier molecular flexibility index (Phi) is 3.39. The van der Waals surface area contributed by atoms with Gasteiger partial charge in [0, 0.05) is 0 Å². The molecule has 0 bridgehead atoms. The first-order chi connectivity index (χ1) is 3.27. The van der Waals surface area contributed by atoms with Crippen molar-refractivity contribution < 1.29 is 0 Å². The fourth-order valence-corrected chi connectivity index (χ4v) is 0.306. The molecular formula is C7H11. The molecule has 0 aliphatic carbocycles. The highest BCUT2D eigenvalue weighted by Crippen LogP contribution is 1.98. The fourth-order valence-electron chi connectivity index (χ4n) is 0.306. The first kappa shape index (κ1) is 6.48. The van der Waals surface area contributed by atoms with Gasteiger partial charge in [-0.1, -0.05) is 18.2 Å². The number of hydrogen-bond acceptors (Lipinski definition) is 0. The highest BCUT2D eigenvalue weighted by molar-refractivity contribution is 4.98. The van der Waals surface area contributed by atoms with Gasteiger partial charge >= 0.3 is 0 Å². The van der Waals surface area contributed by atoms with Gasteiger partial charge < -0.3 is 0 Å². The Morgan fingerprint density at radius 1 is 1.57 bits per heavy atom. The summed E-state index contributed by atoms with van der Waals surface area (Å²) in [5.74, 6) is 0. The van der Waals surface area contributed by atoms with Crippen molar-refractivity contribution in [1.82, 2.24) is 0 Å². The van der Waals surface area contributed by atoms with Crippen molar-refractivity contribution in [3.8, 4) is 0 Å². The highest BCUT2D eigenvalue weighted by Gasteiger charge is 1.78. The van der Waals surface area contributed by atoms with Crippen molar-refractivity contribution in [2.75, 3.05) is 0 Å². The molecule has 0 aliphatic rings. The summed E-state index contributed by atoms with van der Waals surface area (Å²) in [7, 11) is 0. The van der Waals surface area contributed by atoms with Gasteiger partial charge in [0.05, 0.1) is 0 Å². The van der Waals surface area contributed by atoms with Crippen molar-refractivity contribution >= 4 is 0 Å². The lowest BCUT2D eigenvalue weighted by molar-refractivity contribution is 1.01. The van der Waals surface area contributed by atoms with E-state index in [1.54, 1.807) is 0 Å². The molecular weight excluding hydrogens is 84.1 g/mol. The van der Waals surface area contributed by atoms with Crippen molar-refractivity contribution in [3.63, 3.8) is 0 Å². The topological polar surface area (TPSA) is 0 Å². The molecule has 0 atom stereocenters. The molecule has 0 nitrogen and oxygen atoms in total. The smallest absolute Gasteiger partial charge is 0.0286 e. The molecule has 0 saturated carbocycles. The first-order valence-electron chi connectivity index (χ1n) is 2.38. The Bertz CT molecular complexity index is 70.1. The maximum Gasteiger partial charge on any atom is -0.0286 e. The highest BCUT2D eigenvalue weighted by atomic mass is 13.8. The van der Waals surface area contributed by atoms with Gasteiger partial charge in [0.15, 0.2) is 0 Å². The SMILES string of the molecule is [CH2]C(=C)CCC=C. The van der Waals surface area contributed by atoms with E-state index < -0.39 is 0 Å². The third-order valence-electron chi connectivity index (χ3n) is 0.702. The molecule has 0 aromatic rings. The predicted molar refractivity (Wildman–Crippen MR) is 33.9 cm³/mol. The molecule has 0 saturated heterocycles. The largest absolute Gasteiger partial charge is 0.103 e. The van der Waals surface area contributed by atoms with Crippen LogP contribution in [0.5, 0.6) is 0 Å². The molecule has 0 N–H and O–H groups in total. The molecule has 0 aromatic carbocycles. The summed E-state index contributed by atoms with van der Waals surface area (Å²) in [4.78, 5) is 0. The maximum atomic E-state index is 3.63. The van der Waals surface area contributed by atoms with Crippen LogP contribution in [0.2, 0.25) is 0 Å². The van der Waals surface area contributed by atoms with Gasteiger partial charge in [-0.2, -0.15) is 0 Å². The van der Waals surface area contributed by atoms with Gasteiger partial charge in [0.2, 0.25) is 0 Å². The zero-order valence-electron chi connectivity index (χ0n) is 4.61. The summed E-state index contributed by atoms with van der Waals surface area (Å²) < 4.78 is 0. The van der Waals surface area contributed by atoms with E-state index in [4.69, 9.17) is 0 Å². The van der Waals surface area contributed by atoms with E-state index in [-0.39, 0.29) is 0 Å². The molecule has 0 aliphatic heterocycles. The van der Waals surface area contributed by atoms with E-state index in [0.29, 0.717) is 0 Å². The van der Waals surface area contributed by atoms with Gasteiger partial charge in [-0.3, -0.25) is 0 Å². The summed E-state index contributed by atoms with van der Waals surface area (Å²) in [6, 6.07) is 0. The Hall–Kier alpha value is -0.520. The standard InChI is InChI=1S/C7H11/c1-4-5-6-7(2)3/h4H,1-3,5-6H2. The third-order valence-corrected chi connectivity index (χ3v) is 0.702. The summed E-state index contributed by atoms with van der Waals surface area (Å²) in [6.07, 6.45) is 3.85. The van der Waals surface area contributed by atoms with E-state index in [2.05, 4.69) is 20.1 Å². The van der Waals surface area contributed by atoms with Gasteiger partial charge in [-0.15, -0.1) is 6.58 Å². The molecule has 0 heterocycles. The first-order valence-corrected chi connectivity index (χ1v) is 2.38. The minimum absolute atomic E-state index is 0.976. The lowest BCUT2D eigenvalue weighted by atomic mass is 10.2. The van der Waals surface area contributed by atoms with E-state index in [0.717, 1.165) is 18.4 Å². The molecule has 0 fully saturated rings. The molecule has 0 unspecified atom stereocenters. The van der Waals surface area contributed by atoms with E-state index in [1.807, 2.05) is 6.08 Å². The average molecular weight is 95.2 g/mol. The molecule has 0 amide bonds. The molecule has 1 radical (unpaired) electrons. The quantitative estimate of drug-likeness (QED) is 0.472. The zero-order chi connectivity index (χ0) is 5.70. The second-order valence-electron chi connectivity index (χ2n) is 1.58. The monoisotopic (exact) mass is 95.1 g/mol. The van der Waals surface area contributed by atoms with Gasteiger partial charge in [-0.05, 0) is 19.8 Å². The Morgan fingerprint density at radius 3 is 2.29 bits per heavy atom. The number of allylic oxidation sites excluding steroid dienone is 2. The minimum atomic E-state index is 0.976. The van der Waals surface area contributed by atoms with Crippen LogP contribution in [-0.2, 0) is 0 Å². The molecule has 0 spiro atoms. The van der Waals surface area contributed by atoms with Crippen molar-refractivity contribution in [1.29, 1.82) is 0 Å². The van der Waals surface area contributed by atoms with Crippen LogP contribution < -0.4 is 0 Å². The minimum Gasteiger partial charge on any atom is -0.103 e. The summed E-state index contributed by atoms with van der Waals surface area (Å²) in [5.41, 5.74) is 0.986. The lowest BCUT2D eigenvalue weighted by Crippen LogP contribution is -1.69. The summed E-state index contributed by atoms with van der Waals surface area (Å²) >= 11 is 0. The van der Waals surface area contributed by atoms with Crippen LogP contribution >= 0.6 is 0 Å². The van der Waals surface area contributed by atoms with Crippen LogP contribution in [0.25, 0.3) is 0 Å². The second-order valence-corrected chi connectivity index (χ2v) is 1.58. The van der Waals surface area contributed by atoms with Gasteiger partial charge in [0.1, 0.15) is 0 Å². The average Bonchev–Trinajstić information content (AvgIpc) is 1.61. The Balaban J connectivity index is 2.97. The lowest BCUT2D eigenvalue weighted by Gasteiger charge is -1.88.